The first-order valence-electron chi connectivity index (χ1n) is 7.22. The molecule has 0 atom stereocenters. The van der Waals surface area contributed by atoms with Gasteiger partial charge in [-0.3, -0.25) is 0 Å². The third-order valence-corrected chi connectivity index (χ3v) is 4.41. The topological polar surface area (TPSA) is 112 Å². The molecule has 1 aromatic rings. The van der Waals surface area contributed by atoms with E-state index in [-0.39, 0.29) is 46.1 Å². The van der Waals surface area contributed by atoms with Crippen LogP contribution in [0.1, 0.15) is 10.4 Å². The second kappa shape index (κ2) is 8.19. The van der Waals surface area contributed by atoms with Crippen molar-refractivity contribution >= 4 is 39.5 Å². The number of halogens is 1. The first kappa shape index (κ1) is 19.7. The molecule has 0 saturated carbocycles. The average Bonchev–Trinajstić information content (AvgIpc) is 2.67. The SMILES string of the molecule is COC(=O)C1=C(C(=O)OC)N(c2ccc(C(=O)OC)c(O)c2Br)COC1. The number of methoxy groups -OCH3 is 3. The summed E-state index contributed by atoms with van der Waals surface area (Å²) in [4.78, 5) is 37.3. The fourth-order valence-corrected chi connectivity index (χ4v) is 2.93. The Bertz CT molecular complexity index is 789. The van der Waals surface area contributed by atoms with Gasteiger partial charge in [0.2, 0.25) is 0 Å². The van der Waals surface area contributed by atoms with E-state index < -0.39 is 17.9 Å². The molecule has 0 spiro atoms. The van der Waals surface area contributed by atoms with E-state index in [2.05, 4.69) is 25.4 Å². The Balaban J connectivity index is 2.62. The zero-order valence-corrected chi connectivity index (χ0v) is 15.8. The summed E-state index contributed by atoms with van der Waals surface area (Å²) >= 11 is 3.19. The number of aromatic hydroxyl groups is 1. The van der Waals surface area contributed by atoms with Crippen LogP contribution in [-0.2, 0) is 28.5 Å². The van der Waals surface area contributed by atoms with Gasteiger partial charge in [-0.2, -0.15) is 0 Å². The summed E-state index contributed by atoms with van der Waals surface area (Å²) in [5.41, 5.74) is 0.0834. The number of esters is 3. The van der Waals surface area contributed by atoms with Crippen LogP contribution in [-0.4, -0.2) is 57.7 Å². The van der Waals surface area contributed by atoms with Crippen molar-refractivity contribution in [2.24, 2.45) is 0 Å². The summed E-state index contributed by atoms with van der Waals surface area (Å²) in [5.74, 6) is -2.65. The minimum Gasteiger partial charge on any atom is -0.506 e. The molecule has 1 heterocycles. The molecule has 10 heteroatoms. The van der Waals surface area contributed by atoms with Gasteiger partial charge in [0.1, 0.15) is 23.7 Å². The predicted molar refractivity (Wildman–Crippen MR) is 91.5 cm³/mol. The molecule has 9 nitrogen and oxygen atoms in total. The van der Waals surface area contributed by atoms with E-state index in [1.54, 1.807) is 0 Å². The van der Waals surface area contributed by atoms with Crippen molar-refractivity contribution in [2.75, 3.05) is 39.6 Å². The number of phenols is 1. The molecule has 0 radical (unpaired) electrons. The minimum atomic E-state index is -0.780. The summed E-state index contributed by atoms with van der Waals surface area (Å²) in [6, 6.07) is 2.78. The smallest absolute Gasteiger partial charge is 0.355 e. The van der Waals surface area contributed by atoms with Gasteiger partial charge in [-0.15, -0.1) is 0 Å². The second-order valence-corrected chi connectivity index (χ2v) is 5.80. The van der Waals surface area contributed by atoms with Crippen LogP contribution >= 0.6 is 15.9 Å². The van der Waals surface area contributed by atoms with Crippen molar-refractivity contribution in [1.29, 1.82) is 0 Å². The van der Waals surface area contributed by atoms with Crippen molar-refractivity contribution in [1.82, 2.24) is 0 Å². The standard InChI is InChI=1S/C16H16BrNO8/c1-23-14(20)8-4-5-10(11(17)13(8)19)18-7-26-6-9(15(21)24-2)12(18)16(22)25-3/h4-5,19H,6-7H2,1-3H3. The first-order valence-corrected chi connectivity index (χ1v) is 8.01. The van der Waals surface area contributed by atoms with Gasteiger partial charge < -0.3 is 29.0 Å². The molecule has 1 aliphatic rings. The Morgan fingerprint density at radius 2 is 1.69 bits per heavy atom. The van der Waals surface area contributed by atoms with E-state index in [1.807, 2.05) is 0 Å². The number of rotatable bonds is 4. The number of anilines is 1. The summed E-state index contributed by atoms with van der Waals surface area (Å²) in [6.07, 6.45) is 0. The quantitative estimate of drug-likeness (QED) is 0.559. The van der Waals surface area contributed by atoms with Gasteiger partial charge in [-0.25, -0.2) is 14.4 Å². The van der Waals surface area contributed by atoms with Crippen LogP contribution in [0.4, 0.5) is 5.69 Å². The number of carbonyl (C=O) groups is 3. The van der Waals surface area contributed by atoms with E-state index in [4.69, 9.17) is 9.47 Å². The minimum absolute atomic E-state index is 0.0333. The van der Waals surface area contributed by atoms with Crippen molar-refractivity contribution in [3.8, 4) is 5.75 Å². The van der Waals surface area contributed by atoms with E-state index in [0.29, 0.717) is 0 Å². The number of phenolic OH excluding ortho intramolecular Hbond substituents is 1. The number of ether oxygens (including phenoxy) is 4. The Morgan fingerprint density at radius 1 is 1.08 bits per heavy atom. The lowest BCUT2D eigenvalue weighted by Gasteiger charge is -2.32. The summed E-state index contributed by atoms with van der Waals surface area (Å²) in [6.45, 7) is -0.238. The van der Waals surface area contributed by atoms with Crippen LogP contribution in [0.25, 0.3) is 0 Å². The Kier molecular flexibility index (Phi) is 6.22. The fraction of sp³-hybridized carbons (Fsp3) is 0.312. The molecule has 1 aromatic carbocycles. The maximum atomic E-state index is 12.3. The molecule has 0 amide bonds. The number of nitrogens with zero attached hydrogens (tertiary/aromatic N) is 1. The highest BCUT2D eigenvalue weighted by atomic mass is 79.9. The van der Waals surface area contributed by atoms with E-state index in [9.17, 15) is 19.5 Å². The normalized spacial score (nSPS) is 14.1. The predicted octanol–water partition coefficient (Wildman–Crippen LogP) is 1.34. The second-order valence-electron chi connectivity index (χ2n) is 5.00. The molecule has 26 heavy (non-hydrogen) atoms. The zero-order valence-electron chi connectivity index (χ0n) is 14.2. The maximum Gasteiger partial charge on any atom is 0.355 e. The highest BCUT2D eigenvalue weighted by Gasteiger charge is 2.34. The van der Waals surface area contributed by atoms with Crippen LogP contribution in [0.5, 0.6) is 5.75 Å². The molecule has 1 aliphatic heterocycles. The van der Waals surface area contributed by atoms with Crippen molar-refractivity contribution in [3.63, 3.8) is 0 Å². The van der Waals surface area contributed by atoms with Crippen molar-refractivity contribution < 1.29 is 38.4 Å². The van der Waals surface area contributed by atoms with Crippen molar-refractivity contribution in [3.05, 3.63) is 33.4 Å². The molecule has 140 valence electrons. The van der Waals surface area contributed by atoms with Gasteiger partial charge in [0.05, 0.1) is 43.7 Å². The van der Waals surface area contributed by atoms with Gasteiger partial charge >= 0.3 is 17.9 Å². The summed E-state index contributed by atoms with van der Waals surface area (Å²) < 4.78 is 19.5. The fourth-order valence-electron chi connectivity index (χ4n) is 2.37. The van der Waals surface area contributed by atoms with Gasteiger partial charge in [-0.05, 0) is 28.1 Å². The summed E-state index contributed by atoms with van der Waals surface area (Å²) in [5, 5.41) is 10.3. The molecule has 0 aliphatic carbocycles. The molecule has 0 aromatic heterocycles. The van der Waals surface area contributed by atoms with Gasteiger partial charge in [0, 0.05) is 0 Å². The van der Waals surface area contributed by atoms with Crippen molar-refractivity contribution in [2.45, 2.75) is 0 Å². The lowest BCUT2D eigenvalue weighted by atomic mass is 10.1. The van der Waals surface area contributed by atoms with Crippen LogP contribution in [0, 0.1) is 0 Å². The number of hydrogen-bond donors (Lipinski definition) is 1. The molecular formula is C16H16BrNO8. The molecule has 0 unspecified atom stereocenters. The third kappa shape index (κ3) is 3.51. The molecular weight excluding hydrogens is 414 g/mol. The van der Waals surface area contributed by atoms with E-state index in [1.165, 1.54) is 38.4 Å². The Labute approximate surface area is 157 Å². The van der Waals surface area contributed by atoms with Gasteiger partial charge in [0.15, 0.2) is 0 Å². The summed E-state index contributed by atoms with van der Waals surface area (Å²) in [7, 11) is 3.53. The van der Waals surface area contributed by atoms with Crippen LogP contribution < -0.4 is 4.90 Å². The molecule has 2 rings (SSSR count). The third-order valence-electron chi connectivity index (χ3n) is 3.62. The largest absolute Gasteiger partial charge is 0.506 e. The monoisotopic (exact) mass is 429 g/mol. The number of carbonyl (C=O) groups excluding carboxylic acids is 3. The molecule has 1 N–H and O–H groups in total. The van der Waals surface area contributed by atoms with Crippen LogP contribution in [0.3, 0.4) is 0 Å². The highest BCUT2D eigenvalue weighted by molar-refractivity contribution is 9.10. The maximum absolute atomic E-state index is 12.3. The molecule has 0 saturated heterocycles. The lowest BCUT2D eigenvalue weighted by Crippen LogP contribution is -2.39. The number of hydrogen-bond acceptors (Lipinski definition) is 9. The van der Waals surface area contributed by atoms with Gasteiger partial charge in [-0.1, -0.05) is 0 Å². The van der Waals surface area contributed by atoms with Crippen LogP contribution in [0.2, 0.25) is 0 Å². The van der Waals surface area contributed by atoms with Gasteiger partial charge in [0.25, 0.3) is 0 Å². The first-order chi connectivity index (χ1) is 12.4. The number of benzene rings is 1. The van der Waals surface area contributed by atoms with Crippen LogP contribution in [0.15, 0.2) is 27.9 Å². The van der Waals surface area contributed by atoms with E-state index in [0.717, 1.165) is 0 Å². The Morgan fingerprint density at radius 3 is 2.27 bits per heavy atom. The Hall–Kier alpha value is -2.59. The average molecular weight is 430 g/mol. The zero-order chi connectivity index (χ0) is 19.4. The van der Waals surface area contributed by atoms with E-state index >= 15 is 0 Å². The molecule has 0 bridgehead atoms. The molecule has 0 fully saturated rings. The lowest BCUT2D eigenvalue weighted by molar-refractivity contribution is -0.140. The highest BCUT2D eigenvalue weighted by Crippen LogP contribution is 2.40.